The molecule has 0 aromatic heterocycles. The van der Waals surface area contributed by atoms with Crippen LogP contribution in [-0.4, -0.2) is 36.2 Å². The fourth-order valence-corrected chi connectivity index (χ4v) is 2.76. The van der Waals surface area contributed by atoms with Crippen molar-refractivity contribution in [1.82, 2.24) is 4.90 Å². The van der Waals surface area contributed by atoms with E-state index in [-0.39, 0.29) is 6.61 Å². The Morgan fingerprint density at radius 2 is 2.00 bits per heavy atom. The van der Waals surface area contributed by atoms with E-state index in [0.29, 0.717) is 5.41 Å². The molecule has 3 nitrogen and oxygen atoms in total. The van der Waals surface area contributed by atoms with Crippen molar-refractivity contribution in [1.29, 1.82) is 0 Å². The van der Waals surface area contributed by atoms with Crippen LogP contribution in [0.2, 0.25) is 0 Å². The van der Waals surface area contributed by atoms with Gasteiger partial charge in [0.2, 0.25) is 0 Å². The van der Waals surface area contributed by atoms with Gasteiger partial charge in [0.1, 0.15) is 0 Å². The molecule has 1 aromatic carbocycles. The van der Waals surface area contributed by atoms with Crippen LogP contribution in [0.15, 0.2) is 30.3 Å². The number of rotatable bonds is 4. The van der Waals surface area contributed by atoms with Crippen molar-refractivity contribution in [3.8, 4) is 0 Å². The SMILES string of the molecule is CC1(C)CCN(CC(N)(CO)c2ccccc2)C1. The molecule has 1 saturated heterocycles. The number of hydrogen-bond acceptors (Lipinski definition) is 3. The maximum absolute atomic E-state index is 9.68. The number of aliphatic hydroxyl groups excluding tert-OH is 1. The summed E-state index contributed by atoms with van der Waals surface area (Å²) in [7, 11) is 0. The molecule has 1 fully saturated rings. The molecule has 0 aliphatic carbocycles. The van der Waals surface area contributed by atoms with Crippen LogP contribution in [0.3, 0.4) is 0 Å². The number of nitrogens with zero attached hydrogens (tertiary/aromatic N) is 1. The van der Waals surface area contributed by atoms with Crippen molar-refractivity contribution in [2.75, 3.05) is 26.2 Å². The largest absolute Gasteiger partial charge is 0.394 e. The van der Waals surface area contributed by atoms with Gasteiger partial charge in [0.05, 0.1) is 12.1 Å². The highest BCUT2D eigenvalue weighted by molar-refractivity contribution is 5.24. The van der Waals surface area contributed by atoms with E-state index in [1.165, 1.54) is 6.42 Å². The standard InChI is InChI=1S/C15H24N2O/c1-14(2)8-9-17(10-14)11-15(16,12-18)13-6-4-3-5-7-13/h3-7,18H,8-12,16H2,1-2H3. The second kappa shape index (κ2) is 5.00. The summed E-state index contributed by atoms with van der Waals surface area (Å²) in [5.41, 5.74) is 7.12. The summed E-state index contributed by atoms with van der Waals surface area (Å²) in [5, 5.41) is 9.68. The zero-order valence-electron chi connectivity index (χ0n) is 11.4. The summed E-state index contributed by atoms with van der Waals surface area (Å²) in [5.74, 6) is 0. The Hall–Kier alpha value is -0.900. The van der Waals surface area contributed by atoms with E-state index in [9.17, 15) is 5.11 Å². The first kappa shape index (κ1) is 13.5. The molecule has 0 spiro atoms. The maximum Gasteiger partial charge on any atom is 0.0772 e. The van der Waals surface area contributed by atoms with Gasteiger partial charge in [0, 0.05) is 13.1 Å². The van der Waals surface area contributed by atoms with Crippen LogP contribution in [0.5, 0.6) is 0 Å². The Morgan fingerprint density at radius 3 is 2.50 bits per heavy atom. The number of aliphatic hydroxyl groups is 1. The van der Waals surface area contributed by atoms with E-state index in [0.717, 1.165) is 25.2 Å². The molecule has 1 aromatic rings. The molecule has 1 unspecified atom stereocenters. The molecule has 3 N–H and O–H groups in total. The fraction of sp³-hybridized carbons (Fsp3) is 0.600. The molecule has 1 atom stereocenters. The summed E-state index contributed by atoms with van der Waals surface area (Å²) in [6, 6.07) is 9.91. The van der Waals surface area contributed by atoms with Gasteiger partial charge in [-0.05, 0) is 23.9 Å². The van der Waals surface area contributed by atoms with Crippen LogP contribution in [0, 0.1) is 5.41 Å². The summed E-state index contributed by atoms with van der Waals surface area (Å²) in [4.78, 5) is 2.36. The molecule has 1 heterocycles. The minimum atomic E-state index is -0.651. The van der Waals surface area contributed by atoms with Crippen LogP contribution in [0.4, 0.5) is 0 Å². The highest BCUT2D eigenvalue weighted by Crippen LogP contribution is 2.31. The molecule has 0 radical (unpaired) electrons. The highest BCUT2D eigenvalue weighted by Gasteiger charge is 2.35. The molecule has 0 amide bonds. The maximum atomic E-state index is 9.68. The van der Waals surface area contributed by atoms with E-state index in [1.807, 2.05) is 30.3 Å². The van der Waals surface area contributed by atoms with Crippen LogP contribution in [-0.2, 0) is 5.54 Å². The first-order valence-electron chi connectivity index (χ1n) is 6.63. The highest BCUT2D eigenvalue weighted by atomic mass is 16.3. The molecule has 1 aliphatic heterocycles. The molecular weight excluding hydrogens is 224 g/mol. The molecule has 18 heavy (non-hydrogen) atoms. The minimum absolute atomic E-state index is 0.0199. The lowest BCUT2D eigenvalue weighted by Crippen LogP contribution is -2.50. The van der Waals surface area contributed by atoms with Gasteiger partial charge >= 0.3 is 0 Å². The number of hydrogen-bond donors (Lipinski definition) is 2. The van der Waals surface area contributed by atoms with Gasteiger partial charge in [-0.25, -0.2) is 0 Å². The number of likely N-dealkylation sites (tertiary alicyclic amines) is 1. The topological polar surface area (TPSA) is 49.5 Å². The molecule has 0 saturated carbocycles. The van der Waals surface area contributed by atoms with Crippen LogP contribution in [0.1, 0.15) is 25.8 Å². The predicted molar refractivity (Wildman–Crippen MR) is 74.2 cm³/mol. The van der Waals surface area contributed by atoms with Gasteiger partial charge in [-0.3, -0.25) is 0 Å². The van der Waals surface area contributed by atoms with Crippen molar-refractivity contribution in [3.63, 3.8) is 0 Å². The van der Waals surface area contributed by atoms with E-state index >= 15 is 0 Å². The van der Waals surface area contributed by atoms with E-state index in [4.69, 9.17) is 5.73 Å². The third-order valence-corrected chi connectivity index (χ3v) is 3.89. The third-order valence-electron chi connectivity index (χ3n) is 3.89. The molecule has 2 rings (SSSR count). The number of benzene rings is 1. The Balaban J connectivity index is 2.10. The lowest BCUT2D eigenvalue weighted by molar-refractivity contribution is 0.144. The Morgan fingerprint density at radius 1 is 1.33 bits per heavy atom. The Labute approximate surface area is 110 Å². The summed E-state index contributed by atoms with van der Waals surface area (Å²) in [6.45, 7) is 7.39. The summed E-state index contributed by atoms with van der Waals surface area (Å²) in [6.07, 6.45) is 1.20. The Bertz CT molecular complexity index is 391. The van der Waals surface area contributed by atoms with Gasteiger partial charge in [-0.2, -0.15) is 0 Å². The first-order valence-corrected chi connectivity index (χ1v) is 6.63. The lowest BCUT2D eigenvalue weighted by atomic mass is 9.90. The zero-order valence-corrected chi connectivity index (χ0v) is 11.4. The van der Waals surface area contributed by atoms with Gasteiger partial charge in [-0.15, -0.1) is 0 Å². The van der Waals surface area contributed by atoms with Crippen molar-refractivity contribution in [2.45, 2.75) is 25.8 Å². The van der Waals surface area contributed by atoms with Gasteiger partial charge in [-0.1, -0.05) is 44.2 Å². The summed E-state index contributed by atoms with van der Waals surface area (Å²) < 4.78 is 0. The minimum Gasteiger partial charge on any atom is -0.394 e. The lowest BCUT2D eigenvalue weighted by Gasteiger charge is -2.33. The average Bonchev–Trinajstić information content (AvgIpc) is 2.69. The molecule has 1 aliphatic rings. The molecule has 100 valence electrons. The van der Waals surface area contributed by atoms with Crippen molar-refractivity contribution in [2.24, 2.45) is 11.1 Å². The molecular formula is C15H24N2O. The smallest absolute Gasteiger partial charge is 0.0772 e. The van der Waals surface area contributed by atoms with Crippen LogP contribution < -0.4 is 5.73 Å². The van der Waals surface area contributed by atoms with E-state index in [1.54, 1.807) is 0 Å². The van der Waals surface area contributed by atoms with Crippen LogP contribution in [0.25, 0.3) is 0 Å². The average molecular weight is 248 g/mol. The second-order valence-electron chi connectivity index (χ2n) is 6.31. The van der Waals surface area contributed by atoms with Gasteiger partial charge < -0.3 is 15.7 Å². The zero-order chi connectivity index (χ0) is 13.2. The monoisotopic (exact) mass is 248 g/mol. The van der Waals surface area contributed by atoms with Crippen molar-refractivity contribution >= 4 is 0 Å². The predicted octanol–water partition coefficient (Wildman–Crippen LogP) is 1.56. The summed E-state index contributed by atoms with van der Waals surface area (Å²) >= 11 is 0. The third kappa shape index (κ3) is 2.91. The molecule has 0 bridgehead atoms. The normalized spacial score (nSPS) is 22.9. The van der Waals surface area contributed by atoms with Gasteiger partial charge in [0.15, 0.2) is 0 Å². The van der Waals surface area contributed by atoms with Crippen molar-refractivity contribution < 1.29 is 5.11 Å². The quantitative estimate of drug-likeness (QED) is 0.850. The molecule has 3 heteroatoms. The number of nitrogens with two attached hydrogens (primary N) is 1. The van der Waals surface area contributed by atoms with Crippen LogP contribution >= 0.6 is 0 Å². The second-order valence-corrected chi connectivity index (χ2v) is 6.31. The first-order chi connectivity index (χ1) is 8.45. The van der Waals surface area contributed by atoms with Crippen molar-refractivity contribution in [3.05, 3.63) is 35.9 Å². The Kier molecular flexibility index (Phi) is 3.76. The van der Waals surface area contributed by atoms with E-state index < -0.39 is 5.54 Å². The van der Waals surface area contributed by atoms with E-state index in [2.05, 4.69) is 18.7 Å². The fourth-order valence-electron chi connectivity index (χ4n) is 2.76. The van der Waals surface area contributed by atoms with Gasteiger partial charge in [0.25, 0.3) is 0 Å².